The van der Waals surface area contributed by atoms with Crippen LogP contribution in [0.5, 0.6) is 0 Å². The van der Waals surface area contributed by atoms with Crippen molar-refractivity contribution in [3.05, 3.63) is 47.3 Å². The molecule has 0 saturated heterocycles. The summed E-state index contributed by atoms with van der Waals surface area (Å²) < 4.78 is 0. The molecule has 3 aromatic rings. The number of hydrogen-bond donors (Lipinski definition) is 3. The number of nitrogen functional groups attached to an aromatic ring is 2. The summed E-state index contributed by atoms with van der Waals surface area (Å²) in [5.74, 6) is 2.93. The number of rotatable bonds is 8. The first-order chi connectivity index (χ1) is 14.5. The molecule has 2 heterocycles. The van der Waals surface area contributed by atoms with Crippen molar-refractivity contribution < 1.29 is 4.79 Å². The van der Waals surface area contributed by atoms with Gasteiger partial charge in [0.05, 0.1) is 11.9 Å². The average Bonchev–Trinajstić information content (AvgIpc) is 2.74. The fraction of sp³-hybridized carbons (Fsp3) is 0.318. The number of aromatic nitrogens is 4. The number of benzene rings is 1. The molecular weight excluding hydrogens is 378 g/mol. The monoisotopic (exact) mass is 403 g/mol. The van der Waals surface area contributed by atoms with Gasteiger partial charge in [0.15, 0.2) is 17.0 Å². The molecule has 0 bridgehead atoms. The molecule has 1 atom stereocenters. The van der Waals surface area contributed by atoms with Crippen LogP contribution < -0.4 is 16.8 Å². The zero-order chi connectivity index (χ0) is 21.5. The molecule has 30 heavy (non-hydrogen) atoms. The third-order valence-corrected chi connectivity index (χ3v) is 4.78. The van der Waals surface area contributed by atoms with Gasteiger partial charge in [0.25, 0.3) is 5.91 Å². The molecule has 0 saturated carbocycles. The molecule has 1 unspecified atom stereocenters. The molecule has 5 N–H and O–H groups in total. The first kappa shape index (κ1) is 21.0. The van der Waals surface area contributed by atoms with Crippen molar-refractivity contribution in [1.82, 2.24) is 25.3 Å². The molecular formula is C22H25N7O. The first-order valence-electron chi connectivity index (χ1n) is 9.88. The third kappa shape index (κ3) is 5.00. The van der Waals surface area contributed by atoms with E-state index in [0.717, 1.165) is 24.1 Å². The van der Waals surface area contributed by atoms with Crippen LogP contribution in [0.3, 0.4) is 0 Å². The molecule has 8 nitrogen and oxygen atoms in total. The minimum Gasteiger partial charge on any atom is -0.382 e. The molecule has 1 amide bonds. The van der Waals surface area contributed by atoms with E-state index in [4.69, 9.17) is 17.9 Å². The second kappa shape index (κ2) is 9.65. The van der Waals surface area contributed by atoms with Gasteiger partial charge in [-0.3, -0.25) is 4.79 Å². The molecule has 0 aliphatic rings. The van der Waals surface area contributed by atoms with Crippen LogP contribution in [0.15, 0.2) is 30.5 Å². The number of nitrogens with one attached hydrogen (secondary N) is 1. The van der Waals surface area contributed by atoms with Crippen molar-refractivity contribution in [3.8, 4) is 12.3 Å². The van der Waals surface area contributed by atoms with Crippen LogP contribution in [0.1, 0.15) is 53.7 Å². The summed E-state index contributed by atoms with van der Waals surface area (Å²) in [5.41, 5.74) is 14.7. The van der Waals surface area contributed by atoms with Crippen molar-refractivity contribution in [2.24, 2.45) is 0 Å². The fourth-order valence-electron chi connectivity index (χ4n) is 3.17. The topological polar surface area (TPSA) is 133 Å². The number of unbranched alkanes of at least 4 members (excludes halogenated alkanes) is 1. The predicted molar refractivity (Wildman–Crippen MR) is 118 cm³/mol. The standard InChI is InChI=1S/C22H25N7O/c1-3-5-11-25-21(30)15-9-7-14(8-10-15)16(6-4-2)12-17-13-26-20-18(27-17)19(23)28-22(24)29-20/h2,7-10,13,16H,3,5-6,11-12H2,1H3,(H,25,30)(H4,23,24,26,28,29). The highest BCUT2D eigenvalue weighted by atomic mass is 16.1. The highest BCUT2D eigenvalue weighted by molar-refractivity contribution is 5.94. The van der Waals surface area contributed by atoms with Gasteiger partial charge in [-0.2, -0.15) is 9.97 Å². The van der Waals surface area contributed by atoms with E-state index < -0.39 is 0 Å². The Kier molecular flexibility index (Phi) is 6.75. The molecule has 0 fully saturated rings. The summed E-state index contributed by atoms with van der Waals surface area (Å²) >= 11 is 0. The predicted octanol–water partition coefficient (Wildman–Crippen LogP) is 2.46. The summed E-state index contributed by atoms with van der Waals surface area (Å²) in [7, 11) is 0. The summed E-state index contributed by atoms with van der Waals surface area (Å²) in [4.78, 5) is 29.0. The van der Waals surface area contributed by atoms with Gasteiger partial charge in [0.1, 0.15) is 0 Å². The number of carbonyl (C=O) groups is 1. The maximum absolute atomic E-state index is 12.2. The zero-order valence-electron chi connectivity index (χ0n) is 16.9. The summed E-state index contributed by atoms with van der Waals surface area (Å²) in [6.07, 6.45) is 10.3. The lowest BCUT2D eigenvalue weighted by Gasteiger charge is -2.15. The molecule has 8 heteroatoms. The van der Waals surface area contributed by atoms with Crippen molar-refractivity contribution in [1.29, 1.82) is 0 Å². The van der Waals surface area contributed by atoms with E-state index in [1.165, 1.54) is 0 Å². The van der Waals surface area contributed by atoms with Crippen LogP contribution >= 0.6 is 0 Å². The highest BCUT2D eigenvalue weighted by Gasteiger charge is 2.15. The smallest absolute Gasteiger partial charge is 0.251 e. The van der Waals surface area contributed by atoms with E-state index in [9.17, 15) is 4.79 Å². The second-order valence-electron chi connectivity index (χ2n) is 7.04. The fourth-order valence-corrected chi connectivity index (χ4v) is 3.17. The maximum atomic E-state index is 12.2. The Labute approximate surface area is 175 Å². The summed E-state index contributed by atoms with van der Waals surface area (Å²) in [6.45, 7) is 2.76. The van der Waals surface area contributed by atoms with Crippen LogP contribution in [0, 0.1) is 12.3 Å². The minimum absolute atomic E-state index is 0.0230. The Hall–Kier alpha value is -3.73. The van der Waals surface area contributed by atoms with Crippen molar-refractivity contribution in [3.63, 3.8) is 0 Å². The Balaban J connectivity index is 1.78. The largest absolute Gasteiger partial charge is 0.382 e. The van der Waals surface area contributed by atoms with Crippen LogP contribution in [0.2, 0.25) is 0 Å². The second-order valence-corrected chi connectivity index (χ2v) is 7.04. The van der Waals surface area contributed by atoms with Crippen LogP contribution in [-0.2, 0) is 6.42 Å². The quantitative estimate of drug-likeness (QED) is 0.389. The van der Waals surface area contributed by atoms with Crippen LogP contribution in [0.4, 0.5) is 11.8 Å². The molecule has 2 aromatic heterocycles. The first-order valence-corrected chi connectivity index (χ1v) is 9.88. The number of nitrogens with two attached hydrogens (primary N) is 2. The average molecular weight is 403 g/mol. The molecule has 0 aliphatic carbocycles. The van der Waals surface area contributed by atoms with Gasteiger partial charge >= 0.3 is 0 Å². The van der Waals surface area contributed by atoms with Crippen LogP contribution in [0.25, 0.3) is 11.2 Å². The number of carbonyl (C=O) groups excluding carboxylic acids is 1. The lowest BCUT2D eigenvalue weighted by molar-refractivity contribution is 0.0953. The minimum atomic E-state index is -0.0707. The van der Waals surface area contributed by atoms with E-state index in [1.807, 2.05) is 24.3 Å². The lowest BCUT2D eigenvalue weighted by atomic mass is 9.91. The van der Waals surface area contributed by atoms with Gasteiger partial charge in [0.2, 0.25) is 5.95 Å². The van der Waals surface area contributed by atoms with Crippen molar-refractivity contribution in [2.75, 3.05) is 18.0 Å². The number of hydrogen-bond acceptors (Lipinski definition) is 7. The molecule has 3 rings (SSSR count). The number of amides is 1. The Morgan fingerprint density at radius 3 is 2.67 bits per heavy atom. The molecule has 0 spiro atoms. The molecule has 1 aromatic carbocycles. The Bertz CT molecular complexity index is 1070. The van der Waals surface area contributed by atoms with Crippen molar-refractivity contribution >= 4 is 28.8 Å². The highest BCUT2D eigenvalue weighted by Crippen LogP contribution is 2.25. The summed E-state index contributed by atoms with van der Waals surface area (Å²) in [6, 6.07) is 7.51. The van der Waals surface area contributed by atoms with Gasteiger partial charge in [0, 0.05) is 24.4 Å². The maximum Gasteiger partial charge on any atom is 0.251 e. The lowest BCUT2D eigenvalue weighted by Crippen LogP contribution is -2.24. The van der Waals surface area contributed by atoms with E-state index in [2.05, 4.69) is 38.1 Å². The SMILES string of the molecule is C#CCC(Cc1cnc2nc(N)nc(N)c2n1)c1ccc(C(=O)NCCCC)cc1. The Morgan fingerprint density at radius 1 is 1.20 bits per heavy atom. The van der Waals surface area contributed by atoms with Gasteiger partial charge in [-0.05, 0) is 30.5 Å². The third-order valence-electron chi connectivity index (χ3n) is 4.78. The van der Waals surface area contributed by atoms with E-state index in [0.29, 0.717) is 36.1 Å². The normalized spacial score (nSPS) is 11.7. The zero-order valence-corrected chi connectivity index (χ0v) is 16.9. The van der Waals surface area contributed by atoms with Crippen molar-refractivity contribution in [2.45, 2.75) is 38.5 Å². The molecule has 0 radical (unpaired) electrons. The van der Waals surface area contributed by atoms with E-state index >= 15 is 0 Å². The number of terminal acetylenes is 1. The van der Waals surface area contributed by atoms with Gasteiger partial charge in [-0.25, -0.2) is 9.97 Å². The molecule has 0 aliphatic heterocycles. The number of fused-ring (bicyclic) bond motifs is 1. The van der Waals surface area contributed by atoms with E-state index in [-0.39, 0.29) is 23.6 Å². The van der Waals surface area contributed by atoms with Gasteiger partial charge in [-0.15, -0.1) is 12.3 Å². The number of anilines is 2. The van der Waals surface area contributed by atoms with E-state index in [1.54, 1.807) is 6.20 Å². The Morgan fingerprint density at radius 2 is 1.97 bits per heavy atom. The van der Waals surface area contributed by atoms with Gasteiger partial charge in [-0.1, -0.05) is 25.5 Å². The van der Waals surface area contributed by atoms with Crippen LogP contribution in [-0.4, -0.2) is 32.4 Å². The summed E-state index contributed by atoms with van der Waals surface area (Å²) in [5, 5.41) is 2.92. The van der Waals surface area contributed by atoms with Gasteiger partial charge < -0.3 is 16.8 Å². The molecule has 154 valence electrons. The number of nitrogens with zero attached hydrogens (tertiary/aromatic N) is 4.